The van der Waals surface area contributed by atoms with Gasteiger partial charge in [-0.3, -0.25) is 0 Å². The van der Waals surface area contributed by atoms with Crippen LogP contribution in [0.1, 0.15) is 16.0 Å². The Balaban J connectivity index is 0.00000280. The number of nitrogens with one attached hydrogen (secondary N) is 1. The van der Waals surface area contributed by atoms with Crippen LogP contribution in [-0.2, 0) is 19.6 Å². The Labute approximate surface area is 179 Å². The fraction of sp³-hybridized carbons (Fsp3) is 0.238. The quantitative estimate of drug-likeness (QED) is 0.420. The van der Waals surface area contributed by atoms with Crippen LogP contribution in [0.4, 0.5) is 4.39 Å². The highest BCUT2D eigenvalue weighted by molar-refractivity contribution is 7.09. The maximum Gasteiger partial charge on any atom is 0.180 e. The predicted octanol–water partition coefficient (Wildman–Crippen LogP) is 5.88. The van der Waals surface area contributed by atoms with Crippen molar-refractivity contribution in [2.24, 2.45) is 0 Å². The Bertz CT molecular complexity index is 858. The minimum atomic E-state index is -0.213. The summed E-state index contributed by atoms with van der Waals surface area (Å²) >= 11 is 8.05. The molecule has 0 aliphatic heterocycles. The van der Waals surface area contributed by atoms with E-state index in [2.05, 4.69) is 5.32 Å². The van der Waals surface area contributed by atoms with Crippen molar-refractivity contribution in [2.45, 2.75) is 19.6 Å². The first-order valence-corrected chi connectivity index (χ1v) is 9.88. The number of benzene rings is 2. The SMILES string of the molecule is COc1cc(CNCCc2ccc(F)cc2)cc(Cl)c1OCc1cccs1.Cl. The van der Waals surface area contributed by atoms with Crippen LogP contribution in [0.15, 0.2) is 53.9 Å². The van der Waals surface area contributed by atoms with E-state index in [-0.39, 0.29) is 18.2 Å². The van der Waals surface area contributed by atoms with Crippen molar-refractivity contribution in [3.05, 3.63) is 80.8 Å². The van der Waals surface area contributed by atoms with Gasteiger partial charge < -0.3 is 14.8 Å². The lowest BCUT2D eigenvalue weighted by atomic mass is 10.1. The Morgan fingerprint density at radius 2 is 1.89 bits per heavy atom. The molecule has 0 aliphatic rings. The summed E-state index contributed by atoms with van der Waals surface area (Å²) in [6.45, 7) is 1.90. The normalized spacial score (nSPS) is 10.4. The third-order valence-corrected chi connectivity index (χ3v) is 5.19. The van der Waals surface area contributed by atoms with E-state index in [1.54, 1.807) is 30.6 Å². The summed E-state index contributed by atoms with van der Waals surface area (Å²) in [6, 6.07) is 14.4. The van der Waals surface area contributed by atoms with Crippen molar-refractivity contribution in [2.75, 3.05) is 13.7 Å². The lowest BCUT2D eigenvalue weighted by molar-refractivity contribution is 0.287. The number of ether oxygens (including phenoxy) is 2. The summed E-state index contributed by atoms with van der Waals surface area (Å²) in [5, 5.41) is 5.91. The van der Waals surface area contributed by atoms with Crippen molar-refractivity contribution in [3.8, 4) is 11.5 Å². The van der Waals surface area contributed by atoms with Gasteiger partial charge in [-0.2, -0.15) is 0 Å². The highest BCUT2D eigenvalue weighted by Crippen LogP contribution is 2.37. The fourth-order valence-electron chi connectivity index (χ4n) is 2.67. The van der Waals surface area contributed by atoms with Crippen LogP contribution in [0.5, 0.6) is 11.5 Å². The van der Waals surface area contributed by atoms with E-state index >= 15 is 0 Å². The van der Waals surface area contributed by atoms with E-state index in [1.807, 2.05) is 29.6 Å². The molecule has 0 spiro atoms. The molecule has 0 saturated heterocycles. The van der Waals surface area contributed by atoms with Gasteiger partial charge in [0.1, 0.15) is 12.4 Å². The number of rotatable bonds is 9. The molecule has 0 radical (unpaired) electrons. The Morgan fingerprint density at radius 3 is 2.57 bits per heavy atom. The van der Waals surface area contributed by atoms with E-state index in [9.17, 15) is 4.39 Å². The van der Waals surface area contributed by atoms with Gasteiger partial charge in [-0.05, 0) is 59.8 Å². The van der Waals surface area contributed by atoms with Gasteiger partial charge >= 0.3 is 0 Å². The summed E-state index contributed by atoms with van der Waals surface area (Å²) in [5.74, 6) is 0.965. The predicted molar refractivity (Wildman–Crippen MR) is 116 cm³/mol. The average molecular weight is 442 g/mol. The maximum absolute atomic E-state index is 12.9. The lowest BCUT2D eigenvalue weighted by Crippen LogP contribution is -2.16. The van der Waals surface area contributed by atoms with E-state index in [1.165, 1.54) is 12.1 Å². The van der Waals surface area contributed by atoms with Crippen LogP contribution in [0.25, 0.3) is 0 Å². The van der Waals surface area contributed by atoms with Crippen LogP contribution in [0, 0.1) is 5.82 Å². The molecule has 0 aliphatic carbocycles. The largest absolute Gasteiger partial charge is 0.493 e. The van der Waals surface area contributed by atoms with Crippen LogP contribution in [0.2, 0.25) is 5.02 Å². The zero-order chi connectivity index (χ0) is 19.1. The first-order chi connectivity index (χ1) is 13.2. The number of halogens is 3. The van der Waals surface area contributed by atoms with E-state index in [4.69, 9.17) is 21.1 Å². The molecule has 3 nitrogen and oxygen atoms in total. The second kappa shape index (κ2) is 11.3. The molecule has 3 aromatic rings. The zero-order valence-electron chi connectivity index (χ0n) is 15.4. The Hall–Kier alpha value is -1.79. The first kappa shape index (κ1) is 22.5. The van der Waals surface area contributed by atoms with Crippen LogP contribution >= 0.6 is 35.3 Å². The number of hydrogen-bond donors (Lipinski definition) is 1. The van der Waals surface area contributed by atoms with Crippen molar-refractivity contribution in [3.63, 3.8) is 0 Å². The van der Waals surface area contributed by atoms with Crippen LogP contribution < -0.4 is 14.8 Å². The van der Waals surface area contributed by atoms with Gasteiger partial charge in [0, 0.05) is 11.4 Å². The highest BCUT2D eigenvalue weighted by atomic mass is 35.5. The Morgan fingerprint density at radius 1 is 1.11 bits per heavy atom. The van der Waals surface area contributed by atoms with Gasteiger partial charge in [0.05, 0.1) is 12.1 Å². The van der Waals surface area contributed by atoms with E-state index < -0.39 is 0 Å². The van der Waals surface area contributed by atoms with Crippen molar-refractivity contribution >= 4 is 35.3 Å². The first-order valence-electron chi connectivity index (χ1n) is 8.62. The number of thiophene rings is 1. The molecule has 7 heteroatoms. The summed E-state index contributed by atoms with van der Waals surface area (Å²) in [6.07, 6.45) is 0.827. The zero-order valence-corrected chi connectivity index (χ0v) is 17.8. The van der Waals surface area contributed by atoms with Crippen molar-refractivity contribution in [1.82, 2.24) is 5.32 Å². The average Bonchev–Trinajstić information content (AvgIpc) is 3.19. The summed E-state index contributed by atoms with van der Waals surface area (Å²) in [5.41, 5.74) is 2.11. The van der Waals surface area contributed by atoms with E-state index in [0.29, 0.717) is 29.7 Å². The molecular formula is C21H22Cl2FNO2S. The van der Waals surface area contributed by atoms with Gasteiger partial charge in [-0.25, -0.2) is 4.39 Å². The molecule has 0 saturated carbocycles. The van der Waals surface area contributed by atoms with E-state index in [0.717, 1.165) is 29.0 Å². The fourth-order valence-corrected chi connectivity index (χ4v) is 3.57. The third-order valence-electron chi connectivity index (χ3n) is 4.06. The molecule has 0 fully saturated rings. The molecule has 1 aromatic heterocycles. The van der Waals surface area contributed by atoms with Crippen LogP contribution in [-0.4, -0.2) is 13.7 Å². The molecule has 0 unspecified atom stereocenters. The van der Waals surface area contributed by atoms with Gasteiger partial charge in [0.25, 0.3) is 0 Å². The standard InChI is InChI=1S/C21H21ClFNO2S.ClH/c1-25-20-12-16(13-24-9-8-15-4-6-17(23)7-5-15)11-19(22)21(20)26-14-18-3-2-10-27-18;/h2-7,10-12,24H,8-9,13-14H2,1H3;1H. The monoisotopic (exact) mass is 441 g/mol. The summed E-state index contributed by atoms with van der Waals surface area (Å²) < 4.78 is 24.2. The second-order valence-corrected chi connectivity index (χ2v) is 7.47. The van der Waals surface area contributed by atoms with Crippen molar-refractivity contribution < 1.29 is 13.9 Å². The topological polar surface area (TPSA) is 30.5 Å². The molecule has 0 bridgehead atoms. The maximum atomic E-state index is 12.9. The summed E-state index contributed by atoms with van der Waals surface area (Å²) in [7, 11) is 1.61. The molecular weight excluding hydrogens is 420 g/mol. The molecule has 2 aromatic carbocycles. The summed E-state index contributed by atoms with van der Waals surface area (Å²) in [4.78, 5) is 1.12. The van der Waals surface area contributed by atoms with Gasteiger partial charge in [0.2, 0.25) is 0 Å². The molecule has 3 rings (SSSR count). The van der Waals surface area contributed by atoms with Gasteiger partial charge in [-0.15, -0.1) is 23.7 Å². The highest BCUT2D eigenvalue weighted by Gasteiger charge is 2.12. The number of hydrogen-bond acceptors (Lipinski definition) is 4. The smallest absolute Gasteiger partial charge is 0.180 e. The second-order valence-electron chi connectivity index (χ2n) is 6.03. The molecule has 0 amide bonds. The molecule has 28 heavy (non-hydrogen) atoms. The van der Waals surface area contributed by atoms with Crippen molar-refractivity contribution in [1.29, 1.82) is 0 Å². The molecule has 0 atom stereocenters. The minimum Gasteiger partial charge on any atom is -0.493 e. The third kappa shape index (κ3) is 6.38. The molecule has 1 N–H and O–H groups in total. The number of methoxy groups -OCH3 is 1. The molecule has 150 valence electrons. The lowest BCUT2D eigenvalue weighted by Gasteiger charge is -2.14. The minimum absolute atomic E-state index is 0. The van der Waals surface area contributed by atoms with Gasteiger partial charge in [0.15, 0.2) is 11.5 Å². The Kier molecular flexibility index (Phi) is 9.06. The van der Waals surface area contributed by atoms with Gasteiger partial charge in [-0.1, -0.05) is 29.8 Å². The van der Waals surface area contributed by atoms with Crippen LogP contribution in [0.3, 0.4) is 0 Å². The molecule has 1 heterocycles.